The second-order valence-electron chi connectivity index (χ2n) is 5.77. The summed E-state index contributed by atoms with van der Waals surface area (Å²) in [4.78, 5) is 22.7. The fourth-order valence-electron chi connectivity index (χ4n) is 2.55. The van der Waals surface area contributed by atoms with E-state index < -0.39 is 42.3 Å². The average Bonchev–Trinajstić information content (AvgIpc) is 2.56. The molecule has 1 aromatic heterocycles. The summed E-state index contributed by atoms with van der Waals surface area (Å²) in [5.74, 6) is -1.39. The van der Waals surface area contributed by atoms with Crippen LogP contribution in [0.1, 0.15) is 5.56 Å². The number of aliphatic hydroxyl groups is 3. The van der Waals surface area contributed by atoms with E-state index in [2.05, 4.69) is 0 Å². The van der Waals surface area contributed by atoms with Gasteiger partial charge in [0.05, 0.1) is 0 Å². The van der Waals surface area contributed by atoms with Gasteiger partial charge in [0.1, 0.15) is 29.6 Å². The third kappa shape index (κ3) is 3.22. The number of hydrogen-bond acceptors (Lipinski definition) is 8. The summed E-state index contributed by atoms with van der Waals surface area (Å²) in [5, 5.41) is 39.0. The van der Waals surface area contributed by atoms with Crippen LogP contribution in [0.5, 0.6) is 5.75 Å². The third-order valence-corrected chi connectivity index (χ3v) is 3.95. The first-order valence-corrected chi connectivity index (χ1v) is 7.41. The van der Waals surface area contributed by atoms with Gasteiger partial charge in [0.2, 0.25) is 6.29 Å². The van der Waals surface area contributed by atoms with Gasteiger partial charge in [0.15, 0.2) is 6.10 Å². The van der Waals surface area contributed by atoms with Crippen molar-refractivity contribution in [1.82, 2.24) is 0 Å². The van der Waals surface area contributed by atoms with Crippen LogP contribution in [-0.2, 0) is 9.53 Å². The van der Waals surface area contributed by atoms with E-state index in [1.54, 1.807) is 19.1 Å². The molecule has 1 fully saturated rings. The summed E-state index contributed by atoms with van der Waals surface area (Å²) in [5.41, 5.74) is 0.158. The summed E-state index contributed by atoms with van der Waals surface area (Å²) in [6.45, 7) is 1.61. The number of fused-ring (bicyclic) bond motifs is 1. The molecule has 0 radical (unpaired) electrons. The van der Waals surface area contributed by atoms with Crippen LogP contribution in [0.15, 0.2) is 33.5 Å². The van der Waals surface area contributed by atoms with Gasteiger partial charge in [-0.2, -0.15) is 0 Å². The summed E-state index contributed by atoms with van der Waals surface area (Å²) in [6.07, 6.45) is -8.53. The van der Waals surface area contributed by atoms with E-state index >= 15 is 0 Å². The van der Waals surface area contributed by atoms with Gasteiger partial charge in [0, 0.05) is 17.0 Å². The van der Waals surface area contributed by atoms with Crippen LogP contribution in [-0.4, -0.2) is 57.1 Å². The number of aliphatic hydroxyl groups excluding tert-OH is 3. The molecule has 9 heteroatoms. The number of carbonyl (C=O) groups is 1. The van der Waals surface area contributed by atoms with Crippen LogP contribution in [0.4, 0.5) is 0 Å². The SMILES string of the molecule is Cc1cc2ccc(OC3O[C@H](C(=O)O)[C@@H](O)[C@H](O)[C@H]3O)cc2oc1=O. The zero-order chi connectivity index (χ0) is 18.3. The molecule has 1 aromatic carbocycles. The molecule has 0 saturated carbocycles. The zero-order valence-corrected chi connectivity index (χ0v) is 13.0. The van der Waals surface area contributed by atoms with E-state index in [1.165, 1.54) is 12.1 Å². The topological polar surface area (TPSA) is 147 Å². The average molecular weight is 352 g/mol. The molecular weight excluding hydrogens is 336 g/mol. The van der Waals surface area contributed by atoms with Gasteiger partial charge in [-0.15, -0.1) is 0 Å². The van der Waals surface area contributed by atoms with Crippen molar-refractivity contribution in [2.24, 2.45) is 0 Å². The number of carboxylic acids is 1. The van der Waals surface area contributed by atoms with E-state index in [9.17, 15) is 24.9 Å². The number of carboxylic acid groups (broad SMARTS) is 1. The maximum atomic E-state index is 11.6. The van der Waals surface area contributed by atoms with Crippen molar-refractivity contribution in [3.05, 3.63) is 40.2 Å². The fourth-order valence-corrected chi connectivity index (χ4v) is 2.55. The molecule has 2 aromatic rings. The van der Waals surface area contributed by atoms with E-state index in [-0.39, 0.29) is 11.3 Å². The highest BCUT2D eigenvalue weighted by Crippen LogP contribution is 2.26. The number of hydrogen-bond donors (Lipinski definition) is 4. The highest BCUT2D eigenvalue weighted by Gasteiger charge is 2.48. The van der Waals surface area contributed by atoms with Crippen molar-refractivity contribution in [1.29, 1.82) is 0 Å². The van der Waals surface area contributed by atoms with E-state index in [0.29, 0.717) is 10.9 Å². The van der Waals surface area contributed by atoms with Crippen LogP contribution in [0.2, 0.25) is 0 Å². The Hall–Kier alpha value is -2.46. The van der Waals surface area contributed by atoms with Crippen LogP contribution < -0.4 is 10.4 Å². The maximum absolute atomic E-state index is 11.6. The number of benzene rings is 1. The van der Waals surface area contributed by atoms with Crippen molar-refractivity contribution < 1.29 is 39.1 Å². The molecule has 3 rings (SSSR count). The second-order valence-corrected chi connectivity index (χ2v) is 5.77. The van der Waals surface area contributed by atoms with Gasteiger partial charge in [-0.05, 0) is 25.1 Å². The minimum absolute atomic E-state index is 0.122. The third-order valence-electron chi connectivity index (χ3n) is 3.95. The lowest BCUT2D eigenvalue weighted by atomic mass is 9.99. The molecule has 1 aliphatic heterocycles. The first kappa shape index (κ1) is 17.4. The lowest BCUT2D eigenvalue weighted by Gasteiger charge is -2.38. The molecular formula is C16H16O9. The number of aliphatic carboxylic acids is 1. The summed E-state index contributed by atoms with van der Waals surface area (Å²) in [7, 11) is 0. The molecule has 0 amide bonds. The monoisotopic (exact) mass is 352 g/mol. The molecule has 9 nitrogen and oxygen atoms in total. The fraction of sp³-hybridized carbons (Fsp3) is 0.375. The van der Waals surface area contributed by atoms with Crippen molar-refractivity contribution in [3.63, 3.8) is 0 Å². The van der Waals surface area contributed by atoms with Gasteiger partial charge >= 0.3 is 11.6 Å². The van der Waals surface area contributed by atoms with Crippen LogP contribution in [0, 0.1) is 6.92 Å². The summed E-state index contributed by atoms with van der Waals surface area (Å²) in [6, 6.07) is 6.12. The highest BCUT2D eigenvalue weighted by molar-refractivity contribution is 5.78. The predicted octanol–water partition coefficient (Wildman–Crippen LogP) is -0.628. The van der Waals surface area contributed by atoms with E-state index in [0.717, 1.165) is 0 Å². The Morgan fingerprint density at radius 3 is 2.52 bits per heavy atom. The maximum Gasteiger partial charge on any atom is 0.339 e. The van der Waals surface area contributed by atoms with Gasteiger partial charge in [-0.3, -0.25) is 0 Å². The van der Waals surface area contributed by atoms with E-state index in [1.807, 2.05) is 0 Å². The molecule has 1 aliphatic rings. The Labute approximate surface area is 140 Å². The Bertz CT molecular complexity index is 858. The molecule has 2 heterocycles. The van der Waals surface area contributed by atoms with E-state index in [4.69, 9.17) is 19.0 Å². The number of aryl methyl sites for hydroxylation is 1. The molecule has 1 saturated heterocycles. The zero-order valence-electron chi connectivity index (χ0n) is 13.0. The standard InChI is InChI=1S/C16H16O9/c1-6-4-7-2-3-8(5-9(7)24-15(6)22)23-16-12(19)10(17)11(18)13(25-16)14(20)21/h2-5,10-13,16-19H,1H3,(H,20,21)/t10-,11-,12+,13-,16?/m0/s1. The smallest absolute Gasteiger partial charge is 0.339 e. The molecule has 25 heavy (non-hydrogen) atoms. The minimum Gasteiger partial charge on any atom is -0.479 e. The first-order chi connectivity index (χ1) is 11.8. The second kappa shape index (κ2) is 6.45. The van der Waals surface area contributed by atoms with Gasteiger partial charge in [-0.1, -0.05) is 0 Å². The van der Waals surface area contributed by atoms with Gasteiger partial charge < -0.3 is 34.3 Å². The Morgan fingerprint density at radius 2 is 1.84 bits per heavy atom. The first-order valence-electron chi connectivity index (χ1n) is 7.41. The molecule has 0 aliphatic carbocycles. The Balaban J connectivity index is 1.87. The lowest BCUT2D eigenvalue weighted by molar-refractivity contribution is -0.271. The number of ether oxygens (including phenoxy) is 2. The normalized spacial score (nSPS) is 29.5. The van der Waals surface area contributed by atoms with Gasteiger partial charge in [-0.25, -0.2) is 9.59 Å². The Kier molecular flexibility index (Phi) is 4.48. The van der Waals surface area contributed by atoms with Gasteiger partial charge in [0.25, 0.3) is 0 Å². The minimum atomic E-state index is -1.80. The molecule has 134 valence electrons. The quantitative estimate of drug-likeness (QED) is 0.530. The van der Waals surface area contributed by atoms with Crippen LogP contribution in [0.3, 0.4) is 0 Å². The summed E-state index contributed by atoms with van der Waals surface area (Å²) < 4.78 is 15.5. The highest BCUT2D eigenvalue weighted by atomic mass is 16.7. The van der Waals surface area contributed by atoms with Crippen molar-refractivity contribution in [2.75, 3.05) is 0 Å². The predicted molar refractivity (Wildman–Crippen MR) is 82.2 cm³/mol. The molecule has 5 atom stereocenters. The summed E-state index contributed by atoms with van der Waals surface area (Å²) >= 11 is 0. The number of rotatable bonds is 3. The van der Waals surface area contributed by atoms with Crippen molar-refractivity contribution in [3.8, 4) is 5.75 Å². The molecule has 4 N–H and O–H groups in total. The molecule has 1 unspecified atom stereocenters. The Morgan fingerprint density at radius 1 is 1.12 bits per heavy atom. The van der Waals surface area contributed by atoms with Crippen molar-refractivity contribution in [2.45, 2.75) is 37.6 Å². The lowest BCUT2D eigenvalue weighted by Crippen LogP contribution is -2.61. The van der Waals surface area contributed by atoms with Crippen molar-refractivity contribution >= 4 is 16.9 Å². The largest absolute Gasteiger partial charge is 0.479 e. The molecule has 0 spiro atoms. The van der Waals surface area contributed by atoms with Crippen LogP contribution in [0.25, 0.3) is 11.0 Å². The molecule has 0 bridgehead atoms. The van der Waals surface area contributed by atoms with Crippen LogP contribution >= 0.6 is 0 Å².